The van der Waals surface area contributed by atoms with Crippen molar-refractivity contribution in [2.75, 3.05) is 0 Å². The van der Waals surface area contributed by atoms with Crippen LogP contribution in [0.4, 0.5) is 0 Å². The quantitative estimate of drug-likeness (QED) is 0.282. The standard InChI is InChI=1S/C10H8O9S3.6Na.6H/c11-20(12,13)6-4-8-7(10(5-6)22(17,18)19)2-1-3-9(8)21(14,15)16;;;;;;;;;;;;/h1-5H,(H,11,12,13)(H,14,15,16)(H,17,18,19);;;;;;;;;;;;. The van der Waals surface area contributed by atoms with Crippen LogP contribution < -0.4 is 0 Å². The molecule has 0 fully saturated rings. The van der Waals surface area contributed by atoms with Crippen molar-refractivity contribution in [3.05, 3.63) is 30.3 Å². The molecule has 3 N–H and O–H groups in total. The number of rotatable bonds is 3. The van der Waals surface area contributed by atoms with Crippen LogP contribution in [-0.2, 0) is 30.4 Å². The minimum absolute atomic E-state index is 0. The predicted molar refractivity (Wildman–Crippen MR) is 116 cm³/mol. The Labute approximate surface area is 295 Å². The van der Waals surface area contributed by atoms with E-state index in [0.717, 1.165) is 18.2 Å². The van der Waals surface area contributed by atoms with Crippen molar-refractivity contribution in [1.82, 2.24) is 0 Å². The molecule has 0 saturated carbocycles. The molecule has 28 heavy (non-hydrogen) atoms. The van der Waals surface area contributed by atoms with Crippen LogP contribution in [-0.4, -0.2) is 216 Å². The van der Waals surface area contributed by atoms with Gasteiger partial charge in [-0.05, 0) is 18.2 Å². The van der Waals surface area contributed by atoms with Gasteiger partial charge in [0.25, 0.3) is 30.4 Å². The van der Waals surface area contributed by atoms with Crippen LogP contribution >= 0.6 is 0 Å². The predicted octanol–water partition coefficient (Wildman–Crippen LogP) is -3.31. The Morgan fingerprint density at radius 2 is 0.964 bits per heavy atom. The SMILES string of the molecule is O=S(=O)(O)c1cc(S(=O)(=O)O)c2cccc(S(=O)(=O)O)c2c1.[NaH].[NaH].[NaH].[NaH].[NaH].[NaH]. The molecule has 0 atom stereocenters. The van der Waals surface area contributed by atoms with Crippen molar-refractivity contribution in [3.63, 3.8) is 0 Å². The van der Waals surface area contributed by atoms with Gasteiger partial charge in [-0.25, -0.2) is 0 Å². The summed E-state index contributed by atoms with van der Waals surface area (Å²) >= 11 is 0. The second-order valence-corrected chi connectivity index (χ2v) is 8.40. The first kappa shape index (κ1) is 42.6. The Morgan fingerprint density at radius 3 is 1.32 bits per heavy atom. The van der Waals surface area contributed by atoms with E-state index < -0.39 is 50.4 Å². The van der Waals surface area contributed by atoms with E-state index in [1.165, 1.54) is 0 Å². The summed E-state index contributed by atoms with van der Waals surface area (Å²) < 4.78 is 95.0. The summed E-state index contributed by atoms with van der Waals surface area (Å²) in [5, 5.41) is -0.835. The molecule has 0 heterocycles. The Hall–Kier alpha value is 4.43. The zero-order chi connectivity index (χ0) is 16.9. The van der Waals surface area contributed by atoms with E-state index in [1.54, 1.807) is 0 Å². The molecule has 0 bridgehead atoms. The molecular formula is C10H14Na6O9S3. The molecule has 0 spiro atoms. The third kappa shape index (κ3) is 11.2. The van der Waals surface area contributed by atoms with Crippen molar-refractivity contribution in [1.29, 1.82) is 0 Å². The molecule has 0 aliphatic heterocycles. The van der Waals surface area contributed by atoms with Gasteiger partial charge >= 0.3 is 177 Å². The monoisotopic (exact) mass is 512 g/mol. The first-order valence-electron chi connectivity index (χ1n) is 5.31. The molecule has 2 rings (SSSR count). The first-order chi connectivity index (χ1) is 9.82. The van der Waals surface area contributed by atoms with Gasteiger partial charge in [-0.15, -0.1) is 0 Å². The fourth-order valence-electron chi connectivity index (χ4n) is 1.89. The molecule has 2 aromatic carbocycles. The normalized spacial score (nSPS) is 10.5. The van der Waals surface area contributed by atoms with Gasteiger partial charge in [0, 0.05) is 10.8 Å². The number of benzene rings is 2. The first-order valence-corrected chi connectivity index (χ1v) is 9.63. The summed E-state index contributed by atoms with van der Waals surface area (Å²) in [5.41, 5.74) is 0. The Morgan fingerprint density at radius 1 is 0.536 bits per heavy atom. The van der Waals surface area contributed by atoms with Crippen molar-refractivity contribution >= 4 is 218 Å². The van der Waals surface area contributed by atoms with Crippen LogP contribution in [0.1, 0.15) is 0 Å². The maximum atomic E-state index is 11.4. The molecule has 0 unspecified atom stereocenters. The third-order valence-electron chi connectivity index (χ3n) is 2.75. The summed E-state index contributed by atoms with van der Waals surface area (Å²) in [6.07, 6.45) is 0. The summed E-state index contributed by atoms with van der Waals surface area (Å²) in [6.45, 7) is 0. The molecule has 0 aromatic heterocycles. The van der Waals surface area contributed by atoms with Gasteiger partial charge in [0.2, 0.25) is 0 Å². The zero-order valence-corrected chi connectivity index (χ0v) is 12.9. The Kier molecular flexibility index (Phi) is 24.6. The topological polar surface area (TPSA) is 163 Å². The van der Waals surface area contributed by atoms with Gasteiger partial charge in [-0.3, -0.25) is 13.7 Å². The van der Waals surface area contributed by atoms with Gasteiger partial charge in [-0.2, -0.15) is 25.3 Å². The van der Waals surface area contributed by atoms with Crippen molar-refractivity contribution in [3.8, 4) is 0 Å². The maximum absolute atomic E-state index is 11.4. The average molecular weight is 512 g/mol. The van der Waals surface area contributed by atoms with Crippen molar-refractivity contribution < 1.29 is 38.9 Å². The molecule has 0 saturated heterocycles. The van der Waals surface area contributed by atoms with Crippen LogP contribution in [0.2, 0.25) is 0 Å². The van der Waals surface area contributed by atoms with E-state index >= 15 is 0 Å². The summed E-state index contributed by atoms with van der Waals surface area (Å²) in [7, 11) is -14.6. The van der Waals surface area contributed by atoms with Crippen molar-refractivity contribution in [2.45, 2.75) is 14.7 Å². The number of hydrogen-bond acceptors (Lipinski definition) is 6. The van der Waals surface area contributed by atoms with E-state index in [4.69, 9.17) is 13.7 Å². The molecule has 0 radical (unpaired) electrons. The zero-order valence-electron chi connectivity index (χ0n) is 10.4. The molecule has 9 nitrogen and oxygen atoms in total. The second kappa shape index (κ2) is 16.2. The van der Waals surface area contributed by atoms with Crippen LogP contribution in [0.15, 0.2) is 45.0 Å². The van der Waals surface area contributed by atoms with E-state index in [2.05, 4.69) is 0 Å². The molecule has 0 aliphatic rings. The van der Waals surface area contributed by atoms with Crippen LogP contribution in [0.3, 0.4) is 0 Å². The van der Waals surface area contributed by atoms with Gasteiger partial charge in [-0.1, -0.05) is 12.1 Å². The Balaban J connectivity index is -0.000000294. The summed E-state index contributed by atoms with van der Waals surface area (Å²) in [4.78, 5) is -2.66. The van der Waals surface area contributed by atoms with E-state index in [0.29, 0.717) is 12.1 Å². The van der Waals surface area contributed by atoms with E-state index in [9.17, 15) is 25.3 Å². The molecule has 0 amide bonds. The number of hydrogen-bond donors (Lipinski definition) is 3. The molecular weight excluding hydrogens is 498 g/mol. The fraction of sp³-hybridized carbons (Fsp3) is 0. The number of fused-ring (bicyclic) bond motifs is 1. The van der Waals surface area contributed by atoms with Crippen LogP contribution in [0.25, 0.3) is 10.8 Å². The molecule has 132 valence electrons. The van der Waals surface area contributed by atoms with E-state index in [1.807, 2.05) is 0 Å². The summed E-state index contributed by atoms with van der Waals surface area (Å²) in [6, 6.07) is 4.23. The fourth-order valence-corrected chi connectivity index (χ4v) is 3.92. The molecule has 2 aromatic rings. The molecule has 0 aliphatic carbocycles. The average Bonchev–Trinajstić information content (AvgIpc) is 2.33. The summed E-state index contributed by atoms with van der Waals surface area (Å²) in [5.74, 6) is 0. The van der Waals surface area contributed by atoms with Gasteiger partial charge in [0.05, 0.1) is 4.90 Å². The van der Waals surface area contributed by atoms with Crippen molar-refractivity contribution in [2.24, 2.45) is 0 Å². The van der Waals surface area contributed by atoms with Gasteiger partial charge in [0.1, 0.15) is 9.79 Å². The Bertz CT molecular complexity index is 1100. The van der Waals surface area contributed by atoms with Gasteiger partial charge in [0.15, 0.2) is 0 Å². The van der Waals surface area contributed by atoms with Crippen LogP contribution in [0.5, 0.6) is 0 Å². The minimum atomic E-state index is -4.93. The van der Waals surface area contributed by atoms with Crippen LogP contribution in [0, 0.1) is 0 Å². The van der Waals surface area contributed by atoms with Gasteiger partial charge < -0.3 is 0 Å². The third-order valence-corrected chi connectivity index (χ3v) is 5.38. The molecule has 18 heteroatoms. The van der Waals surface area contributed by atoms with E-state index in [-0.39, 0.29) is 183 Å². The second-order valence-electron chi connectivity index (χ2n) is 4.20.